The van der Waals surface area contributed by atoms with Gasteiger partial charge >= 0.3 is 0 Å². The van der Waals surface area contributed by atoms with E-state index in [9.17, 15) is 4.79 Å². The van der Waals surface area contributed by atoms with Crippen LogP contribution in [0.1, 0.15) is 30.1 Å². The number of rotatable bonds is 8. The van der Waals surface area contributed by atoms with Crippen LogP contribution in [-0.4, -0.2) is 36.0 Å². The molecule has 1 rings (SSSR count). The molecule has 0 aliphatic rings. The van der Waals surface area contributed by atoms with Gasteiger partial charge in [0.25, 0.3) is 5.91 Å². The van der Waals surface area contributed by atoms with Crippen molar-refractivity contribution in [1.29, 1.82) is 0 Å². The molecule has 1 aromatic heterocycles. The monoisotopic (exact) mass is 267 g/mol. The quantitative estimate of drug-likeness (QED) is 0.710. The van der Waals surface area contributed by atoms with Crippen LogP contribution in [-0.2, 0) is 0 Å². The van der Waals surface area contributed by atoms with E-state index in [1.54, 1.807) is 30.1 Å². The summed E-state index contributed by atoms with van der Waals surface area (Å²) in [4.78, 5) is 16.0. The Kier molecular flexibility index (Phi) is 7.25. The molecule has 0 unspecified atom stereocenters. The van der Waals surface area contributed by atoms with Gasteiger partial charge < -0.3 is 10.6 Å². The number of carbonyl (C=O) groups excluding carboxylic acids is 1. The normalized spacial score (nSPS) is 10.1. The van der Waals surface area contributed by atoms with Crippen molar-refractivity contribution in [2.75, 3.05) is 30.4 Å². The van der Waals surface area contributed by atoms with Gasteiger partial charge in [0, 0.05) is 24.8 Å². The zero-order chi connectivity index (χ0) is 13.2. The summed E-state index contributed by atoms with van der Waals surface area (Å²) in [5.74, 6) is 1.80. The van der Waals surface area contributed by atoms with Crippen LogP contribution >= 0.6 is 11.8 Å². The SMILES string of the molecule is CCCNc1cc(C(=O)NCCCSC)ccn1. The number of aromatic nitrogens is 1. The van der Waals surface area contributed by atoms with Crippen LogP contribution in [0.5, 0.6) is 0 Å². The highest BCUT2D eigenvalue weighted by atomic mass is 32.2. The highest BCUT2D eigenvalue weighted by molar-refractivity contribution is 7.98. The number of pyridine rings is 1. The third-order valence-corrected chi connectivity index (χ3v) is 3.09. The maximum atomic E-state index is 11.9. The molecule has 1 heterocycles. The molecule has 1 amide bonds. The van der Waals surface area contributed by atoms with Gasteiger partial charge in [0.05, 0.1) is 0 Å². The van der Waals surface area contributed by atoms with E-state index < -0.39 is 0 Å². The molecule has 0 fully saturated rings. The topological polar surface area (TPSA) is 54.0 Å². The zero-order valence-electron chi connectivity index (χ0n) is 11.0. The minimum atomic E-state index is -0.0296. The van der Waals surface area contributed by atoms with E-state index in [2.05, 4.69) is 28.8 Å². The van der Waals surface area contributed by atoms with Crippen molar-refractivity contribution < 1.29 is 4.79 Å². The third-order valence-electron chi connectivity index (χ3n) is 2.39. The van der Waals surface area contributed by atoms with Crippen molar-refractivity contribution in [3.63, 3.8) is 0 Å². The summed E-state index contributed by atoms with van der Waals surface area (Å²) in [6, 6.07) is 3.53. The van der Waals surface area contributed by atoms with Crippen molar-refractivity contribution in [1.82, 2.24) is 10.3 Å². The molecule has 100 valence electrons. The zero-order valence-corrected chi connectivity index (χ0v) is 11.8. The van der Waals surface area contributed by atoms with Crippen LogP contribution in [0, 0.1) is 0 Å². The molecular formula is C13H21N3OS. The molecule has 0 aliphatic carbocycles. The van der Waals surface area contributed by atoms with Crippen molar-refractivity contribution in [3.8, 4) is 0 Å². The number of nitrogens with zero attached hydrogens (tertiary/aromatic N) is 1. The van der Waals surface area contributed by atoms with E-state index in [0.29, 0.717) is 5.56 Å². The molecule has 1 aromatic rings. The van der Waals surface area contributed by atoms with E-state index in [4.69, 9.17) is 0 Å². The fourth-order valence-electron chi connectivity index (χ4n) is 1.44. The highest BCUT2D eigenvalue weighted by Gasteiger charge is 2.05. The van der Waals surface area contributed by atoms with E-state index >= 15 is 0 Å². The Hall–Kier alpha value is -1.23. The van der Waals surface area contributed by atoms with Gasteiger partial charge in [0.1, 0.15) is 5.82 Å². The standard InChI is InChI=1S/C13H21N3OS/c1-3-6-14-12-10-11(5-8-15-12)13(17)16-7-4-9-18-2/h5,8,10H,3-4,6-7,9H2,1-2H3,(H,14,15)(H,16,17). The predicted molar refractivity (Wildman–Crippen MR) is 78.3 cm³/mol. The second-order valence-electron chi connectivity index (χ2n) is 3.96. The maximum absolute atomic E-state index is 11.9. The van der Waals surface area contributed by atoms with Gasteiger partial charge in [0.2, 0.25) is 0 Å². The van der Waals surface area contributed by atoms with Gasteiger partial charge in [-0.3, -0.25) is 4.79 Å². The van der Waals surface area contributed by atoms with Crippen LogP contribution in [0.2, 0.25) is 0 Å². The predicted octanol–water partition coefficient (Wildman–Crippen LogP) is 2.39. The molecule has 0 atom stereocenters. The number of hydrogen-bond donors (Lipinski definition) is 2. The molecule has 0 radical (unpaired) electrons. The first-order chi connectivity index (χ1) is 8.77. The number of amides is 1. The van der Waals surface area contributed by atoms with Crippen LogP contribution in [0.25, 0.3) is 0 Å². The summed E-state index contributed by atoms with van der Waals surface area (Å²) in [6.07, 6.45) is 5.76. The van der Waals surface area contributed by atoms with Gasteiger partial charge in [0.15, 0.2) is 0 Å². The second-order valence-corrected chi connectivity index (χ2v) is 4.94. The molecule has 5 heteroatoms. The van der Waals surface area contributed by atoms with Gasteiger partial charge in [-0.25, -0.2) is 4.98 Å². The molecule has 0 aromatic carbocycles. The smallest absolute Gasteiger partial charge is 0.251 e. The lowest BCUT2D eigenvalue weighted by Gasteiger charge is -2.07. The summed E-state index contributed by atoms with van der Waals surface area (Å²) in [6.45, 7) is 3.68. The lowest BCUT2D eigenvalue weighted by molar-refractivity contribution is 0.0953. The minimum Gasteiger partial charge on any atom is -0.370 e. The maximum Gasteiger partial charge on any atom is 0.251 e. The minimum absolute atomic E-state index is 0.0296. The van der Waals surface area contributed by atoms with Crippen LogP contribution in [0.15, 0.2) is 18.3 Å². The second kappa shape index (κ2) is 8.80. The van der Waals surface area contributed by atoms with Crippen LogP contribution in [0.4, 0.5) is 5.82 Å². The fourth-order valence-corrected chi connectivity index (χ4v) is 1.88. The summed E-state index contributed by atoms with van der Waals surface area (Å²) in [5.41, 5.74) is 0.660. The molecule has 18 heavy (non-hydrogen) atoms. The summed E-state index contributed by atoms with van der Waals surface area (Å²) in [7, 11) is 0. The van der Waals surface area contributed by atoms with E-state index in [1.807, 2.05) is 0 Å². The van der Waals surface area contributed by atoms with Gasteiger partial charge in [-0.05, 0) is 37.0 Å². The molecule has 0 aliphatic heterocycles. The van der Waals surface area contributed by atoms with Gasteiger partial charge in [-0.1, -0.05) is 6.92 Å². The average Bonchev–Trinajstić information content (AvgIpc) is 2.41. The molecular weight excluding hydrogens is 246 g/mol. The Morgan fingerprint density at radius 1 is 1.44 bits per heavy atom. The van der Waals surface area contributed by atoms with Crippen molar-refractivity contribution in [2.24, 2.45) is 0 Å². The number of anilines is 1. The molecule has 0 spiro atoms. The first kappa shape index (κ1) is 14.8. The Morgan fingerprint density at radius 3 is 3.00 bits per heavy atom. The van der Waals surface area contributed by atoms with Gasteiger partial charge in [-0.15, -0.1) is 0 Å². The summed E-state index contributed by atoms with van der Waals surface area (Å²) < 4.78 is 0. The highest BCUT2D eigenvalue weighted by Crippen LogP contribution is 2.06. The summed E-state index contributed by atoms with van der Waals surface area (Å²) in [5, 5.41) is 6.08. The molecule has 4 nitrogen and oxygen atoms in total. The Morgan fingerprint density at radius 2 is 2.28 bits per heavy atom. The van der Waals surface area contributed by atoms with Crippen LogP contribution < -0.4 is 10.6 Å². The molecule has 0 saturated carbocycles. The molecule has 0 saturated heterocycles. The third kappa shape index (κ3) is 5.40. The first-order valence-corrected chi connectivity index (χ1v) is 7.64. The average molecular weight is 267 g/mol. The van der Waals surface area contributed by atoms with Crippen molar-refractivity contribution in [3.05, 3.63) is 23.9 Å². The number of carbonyl (C=O) groups is 1. The Bertz CT molecular complexity index is 371. The lowest BCUT2D eigenvalue weighted by Crippen LogP contribution is -2.25. The molecule has 0 bridgehead atoms. The van der Waals surface area contributed by atoms with E-state index in [0.717, 1.165) is 37.5 Å². The number of nitrogens with one attached hydrogen (secondary N) is 2. The fraction of sp³-hybridized carbons (Fsp3) is 0.538. The number of thioether (sulfide) groups is 1. The largest absolute Gasteiger partial charge is 0.370 e. The van der Waals surface area contributed by atoms with Crippen molar-refractivity contribution in [2.45, 2.75) is 19.8 Å². The molecule has 2 N–H and O–H groups in total. The lowest BCUT2D eigenvalue weighted by atomic mass is 10.2. The Balaban J connectivity index is 2.46. The Labute approximate surface area is 113 Å². The van der Waals surface area contributed by atoms with E-state index in [1.165, 1.54) is 0 Å². The van der Waals surface area contributed by atoms with Crippen LogP contribution in [0.3, 0.4) is 0 Å². The summed E-state index contributed by atoms with van der Waals surface area (Å²) >= 11 is 1.79. The van der Waals surface area contributed by atoms with Crippen molar-refractivity contribution >= 4 is 23.5 Å². The first-order valence-electron chi connectivity index (χ1n) is 6.25. The van der Waals surface area contributed by atoms with Gasteiger partial charge in [-0.2, -0.15) is 11.8 Å². The van der Waals surface area contributed by atoms with E-state index in [-0.39, 0.29) is 5.91 Å². The number of hydrogen-bond acceptors (Lipinski definition) is 4.